The van der Waals surface area contributed by atoms with E-state index in [4.69, 9.17) is 4.98 Å². The van der Waals surface area contributed by atoms with Gasteiger partial charge in [0.25, 0.3) is 0 Å². The number of carbonyl (C=O) groups is 2. The number of allylic oxidation sites excluding steroid dienone is 1. The van der Waals surface area contributed by atoms with Gasteiger partial charge in [-0.05, 0) is 24.3 Å². The summed E-state index contributed by atoms with van der Waals surface area (Å²) in [5.41, 5.74) is 2.21. The van der Waals surface area contributed by atoms with E-state index in [-0.39, 0.29) is 16.2 Å². The topological polar surface area (TPSA) is 56.9 Å². The lowest BCUT2D eigenvalue weighted by atomic mass is 10.1. The van der Waals surface area contributed by atoms with E-state index in [0.717, 1.165) is 22.6 Å². The van der Waals surface area contributed by atoms with Crippen LogP contribution >= 0.6 is 18.5 Å². The Balaban J connectivity index is 1.59. The van der Waals surface area contributed by atoms with Gasteiger partial charge in [0.05, 0.1) is 27.9 Å². The summed E-state index contributed by atoms with van der Waals surface area (Å²) in [5, 5.41) is -0.195. The first kappa shape index (κ1) is 23.6. The van der Waals surface area contributed by atoms with Crippen LogP contribution in [0.2, 0.25) is 0 Å². The Hall–Kier alpha value is -3.79. The van der Waals surface area contributed by atoms with Gasteiger partial charge in [0.15, 0.2) is 5.65 Å². The highest BCUT2D eigenvalue weighted by Crippen LogP contribution is 2.34. The summed E-state index contributed by atoms with van der Waals surface area (Å²) in [6.45, 7) is 0. The van der Waals surface area contributed by atoms with Gasteiger partial charge in [0.2, 0.25) is 11.6 Å². The Bertz CT molecular complexity index is 1760. The molecular formula is C28H19F2N3O2P2. The van der Waals surface area contributed by atoms with Crippen molar-refractivity contribution in [3.05, 3.63) is 101 Å². The first-order chi connectivity index (χ1) is 17.8. The Morgan fingerprint density at radius 3 is 1.95 bits per heavy atom. The number of imidazole rings is 1. The van der Waals surface area contributed by atoms with E-state index in [1.54, 1.807) is 0 Å². The fraction of sp³-hybridized carbons (Fsp3) is 0.0357. The van der Waals surface area contributed by atoms with Crippen molar-refractivity contribution < 1.29 is 18.4 Å². The lowest BCUT2D eigenvalue weighted by Crippen LogP contribution is -2.24. The number of carbonyl (C=O) groups excluding carboxylic acids is 2. The molecule has 9 heteroatoms. The van der Waals surface area contributed by atoms with Crippen molar-refractivity contribution in [3.8, 4) is 17.1 Å². The zero-order valence-electron chi connectivity index (χ0n) is 19.5. The van der Waals surface area contributed by atoms with E-state index >= 15 is 0 Å². The van der Waals surface area contributed by atoms with E-state index < -0.39 is 34.3 Å². The fourth-order valence-corrected chi connectivity index (χ4v) is 5.29. The minimum atomic E-state index is -0.911. The SMILES string of the molecule is Cn1c(-c2ccccc2)nc2c1cc(C=C1C(=O)c3c(F)c(P)c(P)c(F)c3C1=O)n2-c1ccccc1. The molecule has 5 nitrogen and oxygen atoms in total. The molecule has 1 aliphatic carbocycles. The van der Waals surface area contributed by atoms with Gasteiger partial charge in [-0.3, -0.25) is 14.2 Å². The summed E-state index contributed by atoms with van der Waals surface area (Å²) >= 11 is 0. The summed E-state index contributed by atoms with van der Waals surface area (Å²) < 4.78 is 33.7. The van der Waals surface area contributed by atoms with Crippen molar-refractivity contribution in [2.45, 2.75) is 0 Å². The van der Waals surface area contributed by atoms with E-state index in [0.29, 0.717) is 11.3 Å². The number of aryl methyl sites for hydroxylation is 1. The Morgan fingerprint density at radius 2 is 1.38 bits per heavy atom. The number of ketones is 2. The first-order valence-electron chi connectivity index (χ1n) is 11.4. The second-order valence-corrected chi connectivity index (χ2v) is 9.89. The van der Waals surface area contributed by atoms with Crippen molar-refractivity contribution in [3.63, 3.8) is 0 Å². The van der Waals surface area contributed by atoms with Crippen LogP contribution < -0.4 is 10.6 Å². The molecule has 2 unspecified atom stereocenters. The minimum absolute atomic E-state index is 0.0975. The van der Waals surface area contributed by atoms with Gasteiger partial charge in [-0.15, -0.1) is 18.5 Å². The molecule has 2 heterocycles. The summed E-state index contributed by atoms with van der Waals surface area (Å²) in [5.74, 6) is -2.75. The van der Waals surface area contributed by atoms with Crippen LogP contribution in [0.5, 0.6) is 0 Å². The minimum Gasteiger partial charge on any atom is -0.326 e. The van der Waals surface area contributed by atoms with Crippen molar-refractivity contribution >= 4 is 57.9 Å². The van der Waals surface area contributed by atoms with Crippen LogP contribution in [-0.2, 0) is 7.05 Å². The summed E-state index contributed by atoms with van der Waals surface area (Å²) in [6, 6.07) is 20.9. The Labute approximate surface area is 215 Å². The highest BCUT2D eigenvalue weighted by atomic mass is 31.0. The molecule has 0 bridgehead atoms. The maximum Gasteiger partial charge on any atom is 0.200 e. The highest BCUT2D eigenvalue weighted by Gasteiger charge is 2.40. The smallest absolute Gasteiger partial charge is 0.200 e. The molecule has 0 spiro atoms. The number of Topliss-reactive ketones (excluding diaryl/α,β-unsaturated/α-hetero) is 2. The number of hydrogen-bond acceptors (Lipinski definition) is 3. The van der Waals surface area contributed by atoms with E-state index in [2.05, 4.69) is 18.5 Å². The van der Waals surface area contributed by atoms with Gasteiger partial charge in [0, 0.05) is 28.9 Å². The summed E-state index contributed by atoms with van der Waals surface area (Å²) in [7, 11) is 6.07. The molecule has 0 N–H and O–H groups in total. The van der Waals surface area contributed by atoms with Gasteiger partial charge in [-0.1, -0.05) is 48.5 Å². The molecule has 0 radical (unpaired) electrons. The van der Waals surface area contributed by atoms with Crippen LogP contribution in [0.4, 0.5) is 8.78 Å². The number of para-hydroxylation sites is 1. The summed E-state index contributed by atoms with van der Waals surface area (Å²) in [6.07, 6.45) is 1.39. The average Bonchev–Trinajstić information content (AvgIpc) is 3.51. The Kier molecular flexibility index (Phi) is 5.52. The van der Waals surface area contributed by atoms with E-state index in [9.17, 15) is 18.4 Å². The van der Waals surface area contributed by atoms with Gasteiger partial charge in [-0.25, -0.2) is 13.8 Å². The van der Waals surface area contributed by atoms with Crippen LogP contribution in [0.15, 0.2) is 72.3 Å². The number of nitrogens with zero attached hydrogens (tertiary/aromatic N) is 3. The molecule has 182 valence electrons. The molecule has 5 aromatic rings. The van der Waals surface area contributed by atoms with Crippen molar-refractivity contribution in [2.75, 3.05) is 0 Å². The lowest BCUT2D eigenvalue weighted by Gasteiger charge is -2.08. The van der Waals surface area contributed by atoms with Crippen LogP contribution in [0.3, 0.4) is 0 Å². The van der Waals surface area contributed by atoms with Gasteiger partial charge < -0.3 is 4.57 Å². The third-order valence-corrected chi connectivity index (χ3v) is 8.07. The zero-order chi connectivity index (χ0) is 26.0. The molecule has 2 atom stereocenters. The molecule has 6 rings (SSSR count). The number of aromatic nitrogens is 3. The molecule has 0 saturated heterocycles. The number of fused-ring (bicyclic) bond motifs is 2. The number of halogens is 2. The highest BCUT2D eigenvalue weighted by molar-refractivity contribution is 7.35. The van der Waals surface area contributed by atoms with Crippen LogP contribution in [0, 0.1) is 11.6 Å². The Morgan fingerprint density at radius 1 is 0.838 bits per heavy atom. The normalized spacial score (nSPS) is 13.1. The largest absolute Gasteiger partial charge is 0.326 e. The van der Waals surface area contributed by atoms with Crippen LogP contribution in [-0.4, -0.2) is 25.7 Å². The maximum atomic E-state index is 15.0. The average molecular weight is 529 g/mol. The van der Waals surface area contributed by atoms with Crippen molar-refractivity contribution in [1.29, 1.82) is 0 Å². The van der Waals surface area contributed by atoms with Gasteiger partial charge in [0.1, 0.15) is 17.5 Å². The molecule has 0 amide bonds. The van der Waals surface area contributed by atoms with Crippen LogP contribution in [0.25, 0.3) is 34.3 Å². The molecule has 2 aromatic heterocycles. The summed E-state index contributed by atoms with van der Waals surface area (Å²) in [4.78, 5) is 31.3. The molecule has 0 fully saturated rings. The van der Waals surface area contributed by atoms with Gasteiger partial charge in [-0.2, -0.15) is 0 Å². The molecule has 1 aliphatic rings. The standard InChI is InChI=1S/C28H19F2N3O2P2/c1-32-18-13-16(12-17-23(34)19-20(24(17)35)22(30)26(37)25(36)21(19)29)33(15-10-6-3-7-11-15)28(18)31-27(32)14-8-4-2-5-9-14/h2-13H,36-37H2,1H3. The van der Waals surface area contributed by atoms with Crippen molar-refractivity contribution in [1.82, 2.24) is 14.1 Å². The number of rotatable bonds is 3. The predicted octanol–water partition coefficient (Wildman–Crippen LogP) is 4.77. The monoisotopic (exact) mass is 529 g/mol. The van der Waals surface area contributed by atoms with Crippen LogP contribution in [0.1, 0.15) is 26.4 Å². The lowest BCUT2D eigenvalue weighted by molar-refractivity contribution is 0.0989. The van der Waals surface area contributed by atoms with Crippen molar-refractivity contribution in [2.24, 2.45) is 7.05 Å². The molecule has 0 aliphatic heterocycles. The quantitative estimate of drug-likeness (QED) is 0.192. The first-order valence-corrected chi connectivity index (χ1v) is 12.5. The van der Waals surface area contributed by atoms with E-state index in [1.165, 1.54) is 6.08 Å². The third kappa shape index (κ3) is 3.46. The number of benzene rings is 3. The number of hydrogen-bond donors (Lipinski definition) is 0. The molecule has 0 saturated carbocycles. The maximum absolute atomic E-state index is 15.0. The second-order valence-electron chi connectivity index (χ2n) is 8.73. The fourth-order valence-electron chi connectivity index (χ4n) is 4.75. The molecule has 3 aromatic carbocycles. The predicted molar refractivity (Wildman–Crippen MR) is 147 cm³/mol. The second kappa shape index (κ2) is 8.65. The van der Waals surface area contributed by atoms with Gasteiger partial charge >= 0.3 is 0 Å². The zero-order valence-corrected chi connectivity index (χ0v) is 21.8. The third-order valence-electron chi connectivity index (χ3n) is 6.61. The molecular weight excluding hydrogens is 510 g/mol. The molecule has 37 heavy (non-hydrogen) atoms. The van der Waals surface area contributed by atoms with E-state index in [1.807, 2.05) is 82.9 Å².